The molecule has 0 radical (unpaired) electrons. The quantitative estimate of drug-likeness (QED) is 0.389. The zero-order valence-corrected chi connectivity index (χ0v) is 20.7. The Kier molecular flexibility index (Phi) is 5.75. The summed E-state index contributed by atoms with van der Waals surface area (Å²) in [6.45, 7) is 0. The smallest absolute Gasteiger partial charge is 0.279 e. The van der Waals surface area contributed by atoms with Gasteiger partial charge in [-0.3, -0.25) is 9.36 Å². The molecular formula is C23H14BrFN4O4S2. The number of thiazole rings is 1. The monoisotopic (exact) mass is 572 g/mol. The summed E-state index contributed by atoms with van der Waals surface area (Å²) in [5, 5.41) is 17.4. The van der Waals surface area contributed by atoms with Crippen molar-refractivity contribution in [1.82, 2.24) is 4.57 Å². The molecule has 8 nitrogen and oxygen atoms in total. The highest BCUT2D eigenvalue weighted by molar-refractivity contribution is 9.10. The van der Waals surface area contributed by atoms with Gasteiger partial charge in [0.1, 0.15) is 10.7 Å². The zero-order chi connectivity index (χ0) is 24.9. The van der Waals surface area contributed by atoms with Crippen molar-refractivity contribution < 1.29 is 22.7 Å². The van der Waals surface area contributed by atoms with Gasteiger partial charge in [-0.05, 0) is 70.5 Å². The van der Waals surface area contributed by atoms with Crippen LogP contribution < -0.4 is 20.5 Å². The number of amides is 1. The minimum Gasteiger partial charge on any atom is -0.493 e. The third-order valence-electron chi connectivity index (χ3n) is 5.18. The number of hydrogen-bond donors (Lipinski definition) is 2. The molecule has 1 amide bonds. The van der Waals surface area contributed by atoms with Gasteiger partial charge in [0.05, 0.1) is 27.2 Å². The van der Waals surface area contributed by atoms with E-state index in [1.165, 1.54) is 53.1 Å². The van der Waals surface area contributed by atoms with Crippen LogP contribution in [0, 0.1) is 5.82 Å². The lowest BCUT2D eigenvalue weighted by molar-refractivity contribution is -0.112. The number of nitrogens with two attached hydrogens (primary N) is 1. The first-order chi connectivity index (χ1) is 16.6. The van der Waals surface area contributed by atoms with Crippen molar-refractivity contribution in [3.63, 3.8) is 0 Å². The van der Waals surface area contributed by atoms with Gasteiger partial charge in [0, 0.05) is 9.69 Å². The van der Waals surface area contributed by atoms with Gasteiger partial charge in [0.25, 0.3) is 5.91 Å². The zero-order valence-electron chi connectivity index (χ0n) is 17.5. The number of primary sulfonamides is 1. The molecule has 5 rings (SSSR count). The number of sulfonamides is 1. The number of fused-ring (bicyclic) bond motifs is 1. The van der Waals surface area contributed by atoms with E-state index in [9.17, 15) is 22.7 Å². The fraction of sp³-hybridized carbons (Fsp3) is 0. The molecule has 2 heterocycles. The molecule has 0 saturated heterocycles. The van der Waals surface area contributed by atoms with E-state index < -0.39 is 21.7 Å². The summed E-state index contributed by atoms with van der Waals surface area (Å²) in [6, 6.07) is 16.2. The van der Waals surface area contributed by atoms with Crippen molar-refractivity contribution in [2.24, 2.45) is 15.1 Å². The molecule has 1 aromatic heterocycles. The fourth-order valence-electron chi connectivity index (χ4n) is 3.58. The van der Waals surface area contributed by atoms with Crippen LogP contribution in [0.15, 0.2) is 86.1 Å². The third-order valence-corrected chi connectivity index (χ3v) is 7.80. The predicted molar refractivity (Wildman–Crippen MR) is 131 cm³/mol. The molecular weight excluding hydrogens is 559 g/mol. The van der Waals surface area contributed by atoms with Crippen LogP contribution in [-0.4, -0.2) is 24.0 Å². The number of benzene rings is 3. The van der Waals surface area contributed by atoms with E-state index in [0.29, 0.717) is 26.4 Å². The molecule has 0 atom stereocenters. The van der Waals surface area contributed by atoms with Crippen LogP contribution in [0.1, 0.15) is 4.88 Å². The number of rotatable bonds is 4. The number of aromatic nitrogens is 1. The Hall–Kier alpha value is -3.45. The van der Waals surface area contributed by atoms with Crippen LogP contribution in [0.3, 0.4) is 0 Å². The lowest BCUT2D eigenvalue weighted by atomic mass is 10.1. The molecule has 3 aromatic carbocycles. The van der Waals surface area contributed by atoms with E-state index in [0.717, 1.165) is 11.3 Å². The van der Waals surface area contributed by atoms with Crippen molar-refractivity contribution in [3.05, 3.63) is 97.3 Å². The van der Waals surface area contributed by atoms with Gasteiger partial charge in [-0.25, -0.2) is 27.9 Å². The highest BCUT2D eigenvalue weighted by atomic mass is 79.9. The average Bonchev–Trinajstić information content (AvgIpc) is 3.30. The first-order valence-electron chi connectivity index (χ1n) is 9.94. The Labute approximate surface area is 210 Å². The summed E-state index contributed by atoms with van der Waals surface area (Å²) < 4.78 is 38.7. The third kappa shape index (κ3) is 4.25. The molecule has 35 heavy (non-hydrogen) atoms. The Morgan fingerprint density at radius 1 is 1.06 bits per heavy atom. The molecule has 0 unspecified atom stereocenters. The van der Waals surface area contributed by atoms with Crippen LogP contribution in [-0.2, 0) is 14.8 Å². The molecule has 1 aliphatic heterocycles. The molecule has 0 bridgehead atoms. The molecule has 176 valence electrons. The van der Waals surface area contributed by atoms with Gasteiger partial charge >= 0.3 is 0 Å². The molecule has 0 saturated carbocycles. The second-order valence-corrected chi connectivity index (χ2v) is 10.8. The van der Waals surface area contributed by atoms with Crippen molar-refractivity contribution in [2.75, 3.05) is 0 Å². The van der Waals surface area contributed by atoms with Crippen molar-refractivity contribution in [2.45, 2.75) is 4.90 Å². The summed E-state index contributed by atoms with van der Waals surface area (Å²) in [5.74, 6) is -1.24. The van der Waals surface area contributed by atoms with Gasteiger partial charge in [-0.15, -0.1) is 0 Å². The Morgan fingerprint density at radius 2 is 1.74 bits per heavy atom. The van der Waals surface area contributed by atoms with Crippen LogP contribution >= 0.6 is 27.3 Å². The summed E-state index contributed by atoms with van der Waals surface area (Å²) >= 11 is 4.43. The van der Waals surface area contributed by atoms with E-state index in [-0.39, 0.29) is 26.0 Å². The van der Waals surface area contributed by atoms with E-state index >= 15 is 0 Å². The van der Waals surface area contributed by atoms with Gasteiger partial charge in [-0.1, -0.05) is 23.5 Å². The maximum atomic E-state index is 13.6. The molecule has 12 heteroatoms. The maximum absolute atomic E-state index is 13.6. The van der Waals surface area contributed by atoms with Crippen molar-refractivity contribution >= 4 is 54.5 Å². The van der Waals surface area contributed by atoms with Gasteiger partial charge in [-0.2, -0.15) is 0 Å². The SMILES string of the molecule is NS(=O)(=O)c1ccc(N=c2sc(C3=c4cccc(Br)c4=NC3=O)c(O)n2-c2ccc(F)cc2)cc1. The standard InChI is InChI=1S/C23H14BrFN4O4S2/c24-17-3-1-2-16-18(21(30)28-19(16)17)20-22(31)29(14-8-4-12(25)5-9-14)23(34-20)27-13-6-10-15(11-7-13)35(26,32)33/h1-11,31H,(H2,26,32,33). The van der Waals surface area contributed by atoms with Gasteiger partial charge in [0.2, 0.25) is 15.9 Å². The molecule has 0 aliphatic carbocycles. The van der Waals surface area contributed by atoms with Crippen molar-refractivity contribution in [1.29, 1.82) is 0 Å². The number of aromatic hydroxyl groups is 1. The van der Waals surface area contributed by atoms with E-state index in [4.69, 9.17) is 5.14 Å². The number of nitrogens with zero attached hydrogens (tertiary/aromatic N) is 3. The van der Waals surface area contributed by atoms with Gasteiger partial charge < -0.3 is 5.11 Å². The summed E-state index contributed by atoms with van der Waals surface area (Å²) in [7, 11) is -3.87. The number of halogens is 2. The minimum absolute atomic E-state index is 0.0755. The highest BCUT2D eigenvalue weighted by Crippen LogP contribution is 2.31. The molecule has 0 fully saturated rings. The second kappa shape index (κ2) is 8.64. The number of hydrogen-bond acceptors (Lipinski definition) is 6. The summed E-state index contributed by atoms with van der Waals surface area (Å²) in [5.41, 5.74) is 0.992. The normalized spacial score (nSPS) is 13.7. The molecule has 4 aromatic rings. The maximum Gasteiger partial charge on any atom is 0.279 e. The number of carbonyl (C=O) groups is 1. The van der Waals surface area contributed by atoms with Crippen LogP contribution in [0.5, 0.6) is 5.88 Å². The lowest BCUT2D eigenvalue weighted by Gasteiger charge is -2.06. The first-order valence-corrected chi connectivity index (χ1v) is 13.1. The van der Waals surface area contributed by atoms with E-state index in [2.05, 4.69) is 25.9 Å². The summed E-state index contributed by atoms with van der Waals surface area (Å²) in [6.07, 6.45) is 0. The number of para-hydroxylation sites is 1. The topological polar surface area (TPSA) is 127 Å². The predicted octanol–water partition coefficient (Wildman–Crippen LogP) is 2.38. The lowest BCUT2D eigenvalue weighted by Crippen LogP contribution is -2.24. The largest absolute Gasteiger partial charge is 0.493 e. The van der Waals surface area contributed by atoms with Gasteiger partial charge in [0.15, 0.2) is 4.80 Å². The van der Waals surface area contributed by atoms with Crippen LogP contribution in [0.4, 0.5) is 10.1 Å². The minimum atomic E-state index is -3.87. The fourth-order valence-corrected chi connectivity index (χ4v) is 5.65. The summed E-state index contributed by atoms with van der Waals surface area (Å²) in [4.78, 5) is 21.9. The first kappa shape index (κ1) is 23.3. The number of carbonyl (C=O) groups excluding carboxylic acids is 1. The van der Waals surface area contributed by atoms with Crippen LogP contribution in [0.25, 0.3) is 11.3 Å². The Balaban J connectivity index is 1.78. The molecule has 1 aliphatic rings. The van der Waals surface area contributed by atoms with E-state index in [1.807, 2.05) is 0 Å². The molecule has 3 N–H and O–H groups in total. The second-order valence-electron chi connectivity index (χ2n) is 7.43. The van der Waals surface area contributed by atoms with Crippen molar-refractivity contribution in [3.8, 4) is 11.6 Å². The van der Waals surface area contributed by atoms with Crippen LogP contribution in [0.2, 0.25) is 0 Å². The average molecular weight is 573 g/mol. The van der Waals surface area contributed by atoms with E-state index in [1.54, 1.807) is 18.2 Å². The molecule has 0 spiro atoms. The Bertz CT molecular complexity index is 1810. The highest BCUT2D eigenvalue weighted by Gasteiger charge is 2.26. The Morgan fingerprint density at radius 3 is 2.40 bits per heavy atom.